The van der Waals surface area contributed by atoms with E-state index in [1.807, 2.05) is 0 Å². The lowest BCUT2D eigenvalue weighted by Crippen LogP contribution is -2.47. The average molecular weight is 468 g/mol. The van der Waals surface area contributed by atoms with E-state index >= 15 is 0 Å². The van der Waals surface area contributed by atoms with E-state index in [0.717, 1.165) is 5.56 Å². The smallest absolute Gasteiger partial charge is 0.408 e. The summed E-state index contributed by atoms with van der Waals surface area (Å²) in [5, 5.41) is 2.52. The highest BCUT2D eigenvalue weighted by Gasteiger charge is 2.38. The molecule has 9 heteroatoms. The molecule has 1 N–H and O–H groups in total. The second-order valence-corrected chi connectivity index (χ2v) is 9.43. The summed E-state index contributed by atoms with van der Waals surface area (Å²) < 4.78 is 35.8. The highest BCUT2D eigenvalue weighted by atomic mass is 19.1. The van der Waals surface area contributed by atoms with E-state index in [-0.39, 0.29) is 18.8 Å². The van der Waals surface area contributed by atoms with Gasteiger partial charge in [-0.15, -0.1) is 0 Å². The Kier molecular flexibility index (Phi) is 9.22. The first-order chi connectivity index (χ1) is 15.4. The Labute approximate surface area is 194 Å². The molecule has 0 radical (unpaired) electrons. The molecule has 1 amide bonds. The van der Waals surface area contributed by atoms with Crippen molar-refractivity contribution in [1.29, 1.82) is 0 Å². The molecule has 0 spiro atoms. The van der Waals surface area contributed by atoms with Gasteiger partial charge < -0.3 is 24.3 Å². The number of alkyl carbamates (subject to hydrolysis) is 1. The number of esters is 2. The first-order valence-corrected chi connectivity index (χ1v) is 11.1. The van der Waals surface area contributed by atoms with Crippen LogP contribution >= 0.6 is 0 Å². The normalized spacial score (nSPS) is 24.2. The van der Waals surface area contributed by atoms with Crippen LogP contribution < -0.4 is 5.32 Å². The Balaban J connectivity index is 2.23. The highest BCUT2D eigenvalue weighted by Crippen LogP contribution is 2.22. The molecule has 1 aliphatic heterocycles. The SMILES string of the molecule is CC(C)C(=O)O[C@H]1[C@H](C)OC(=O)[C@@H](NC(=O)OC(C)(C)C)CCO[C@@H]1Cc1ccc(F)cc1. The van der Waals surface area contributed by atoms with Gasteiger partial charge in [0, 0.05) is 19.4 Å². The van der Waals surface area contributed by atoms with Gasteiger partial charge in [0.15, 0.2) is 6.10 Å². The molecule has 4 atom stereocenters. The summed E-state index contributed by atoms with van der Waals surface area (Å²) in [6.45, 7) is 10.2. The molecule has 1 aromatic rings. The number of cyclic esters (lactones) is 1. The number of amides is 1. The Morgan fingerprint density at radius 3 is 2.42 bits per heavy atom. The standard InChI is InChI=1S/C24H34FNO7/c1-14(2)21(27)32-20-15(3)31-22(28)18(26-23(29)33-24(4,5)6)11-12-30-19(20)13-16-7-9-17(25)10-8-16/h7-10,14-15,18-20H,11-13H2,1-6H3,(H,26,29)/t15-,18-,19+,20-/m0/s1. The highest BCUT2D eigenvalue weighted by molar-refractivity contribution is 5.81. The molecule has 1 aliphatic rings. The fourth-order valence-electron chi connectivity index (χ4n) is 3.24. The number of benzene rings is 1. The quantitative estimate of drug-likeness (QED) is 0.522. The van der Waals surface area contributed by atoms with Gasteiger partial charge in [0.05, 0.1) is 5.92 Å². The van der Waals surface area contributed by atoms with E-state index in [9.17, 15) is 18.8 Å². The minimum atomic E-state index is -0.992. The molecule has 2 rings (SSSR count). The van der Waals surface area contributed by atoms with Crippen molar-refractivity contribution in [2.24, 2.45) is 5.92 Å². The number of carbonyl (C=O) groups excluding carboxylic acids is 3. The van der Waals surface area contributed by atoms with Gasteiger partial charge in [-0.3, -0.25) is 4.79 Å². The third kappa shape index (κ3) is 8.64. The van der Waals surface area contributed by atoms with Gasteiger partial charge >= 0.3 is 18.0 Å². The molecule has 1 aromatic carbocycles. The Hall–Kier alpha value is -2.68. The zero-order chi connectivity index (χ0) is 24.8. The average Bonchev–Trinajstić information content (AvgIpc) is 2.74. The summed E-state index contributed by atoms with van der Waals surface area (Å²) in [5.74, 6) is -1.90. The molecular weight excluding hydrogens is 433 g/mol. The van der Waals surface area contributed by atoms with E-state index in [1.54, 1.807) is 53.7 Å². The van der Waals surface area contributed by atoms with Crippen molar-refractivity contribution in [3.8, 4) is 0 Å². The van der Waals surface area contributed by atoms with Crippen LogP contribution in [0.1, 0.15) is 53.5 Å². The van der Waals surface area contributed by atoms with Crippen molar-refractivity contribution in [2.45, 2.75) is 84.3 Å². The summed E-state index contributed by atoms with van der Waals surface area (Å²) in [6.07, 6.45) is -2.71. The fraction of sp³-hybridized carbons (Fsp3) is 0.625. The Bertz CT molecular complexity index is 819. The van der Waals surface area contributed by atoms with Crippen LogP contribution in [0.15, 0.2) is 24.3 Å². The minimum absolute atomic E-state index is 0.0872. The molecule has 33 heavy (non-hydrogen) atoms. The predicted molar refractivity (Wildman–Crippen MR) is 118 cm³/mol. The van der Waals surface area contributed by atoms with Crippen LogP contribution in [0.25, 0.3) is 0 Å². The molecule has 0 aliphatic carbocycles. The first-order valence-electron chi connectivity index (χ1n) is 11.1. The van der Waals surface area contributed by atoms with Crippen molar-refractivity contribution < 1.29 is 37.7 Å². The topological polar surface area (TPSA) is 100 Å². The number of halogens is 1. The van der Waals surface area contributed by atoms with Crippen LogP contribution in [-0.4, -0.2) is 54.6 Å². The maximum absolute atomic E-state index is 13.3. The van der Waals surface area contributed by atoms with E-state index in [0.29, 0.717) is 6.42 Å². The third-order valence-corrected chi connectivity index (χ3v) is 4.92. The molecule has 8 nitrogen and oxygen atoms in total. The first kappa shape index (κ1) is 26.6. The largest absolute Gasteiger partial charge is 0.457 e. The monoisotopic (exact) mass is 467 g/mol. The van der Waals surface area contributed by atoms with Crippen LogP contribution in [0.2, 0.25) is 0 Å². The fourth-order valence-corrected chi connectivity index (χ4v) is 3.24. The summed E-state index contributed by atoms with van der Waals surface area (Å²) in [5.41, 5.74) is 0.0420. The summed E-state index contributed by atoms with van der Waals surface area (Å²) in [6, 6.07) is 4.92. The molecular formula is C24H34FNO7. The molecule has 0 saturated carbocycles. The van der Waals surface area contributed by atoms with Gasteiger partial charge in [-0.1, -0.05) is 26.0 Å². The summed E-state index contributed by atoms with van der Waals surface area (Å²) >= 11 is 0. The van der Waals surface area contributed by atoms with Crippen molar-refractivity contribution in [3.05, 3.63) is 35.6 Å². The van der Waals surface area contributed by atoms with Gasteiger partial charge in [-0.25, -0.2) is 14.0 Å². The maximum atomic E-state index is 13.3. The lowest BCUT2D eigenvalue weighted by molar-refractivity contribution is -0.179. The Morgan fingerprint density at radius 2 is 1.85 bits per heavy atom. The molecule has 1 fully saturated rings. The van der Waals surface area contributed by atoms with Gasteiger partial charge in [0.25, 0.3) is 0 Å². The number of carbonyl (C=O) groups is 3. The molecule has 0 bridgehead atoms. The van der Waals surface area contributed by atoms with Crippen LogP contribution in [0.3, 0.4) is 0 Å². The van der Waals surface area contributed by atoms with Gasteiger partial charge in [-0.2, -0.15) is 0 Å². The Morgan fingerprint density at radius 1 is 1.21 bits per heavy atom. The third-order valence-electron chi connectivity index (χ3n) is 4.92. The van der Waals surface area contributed by atoms with Crippen LogP contribution in [0.5, 0.6) is 0 Å². The summed E-state index contributed by atoms with van der Waals surface area (Å²) in [4.78, 5) is 37.3. The van der Waals surface area contributed by atoms with Crippen LogP contribution in [-0.2, 0) is 35.0 Å². The van der Waals surface area contributed by atoms with Crippen molar-refractivity contribution in [1.82, 2.24) is 5.32 Å². The van der Waals surface area contributed by atoms with Gasteiger partial charge in [-0.05, 0) is 45.4 Å². The van der Waals surface area contributed by atoms with E-state index in [2.05, 4.69) is 5.32 Å². The number of ether oxygens (including phenoxy) is 4. The molecule has 0 unspecified atom stereocenters. The second-order valence-electron chi connectivity index (χ2n) is 9.43. The number of hydrogen-bond donors (Lipinski definition) is 1. The van der Waals surface area contributed by atoms with E-state index in [1.165, 1.54) is 12.1 Å². The van der Waals surface area contributed by atoms with Crippen LogP contribution in [0, 0.1) is 11.7 Å². The molecule has 0 aromatic heterocycles. The molecule has 184 valence electrons. The van der Waals surface area contributed by atoms with E-state index in [4.69, 9.17) is 18.9 Å². The second kappa shape index (κ2) is 11.4. The van der Waals surface area contributed by atoms with Crippen molar-refractivity contribution in [2.75, 3.05) is 6.61 Å². The van der Waals surface area contributed by atoms with E-state index < -0.39 is 53.9 Å². The molecule has 1 saturated heterocycles. The van der Waals surface area contributed by atoms with Crippen molar-refractivity contribution >= 4 is 18.0 Å². The number of hydrogen-bond acceptors (Lipinski definition) is 7. The zero-order valence-electron chi connectivity index (χ0n) is 20.1. The predicted octanol–water partition coefficient (Wildman–Crippen LogP) is 3.55. The van der Waals surface area contributed by atoms with Crippen molar-refractivity contribution in [3.63, 3.8) is 0 Å². The number of rotatable bonds is 5. The minimum Gasteiger partial charge on any atom is -0.457 e. The summed E-state index contributed by atoms with van der Waals surface area (Å²) in [7, 11) is 0. The lowest BCUT2D eigenvalue weighted by atomic mass is 10.00. The zero-order valence-corrected chi connectivity index (χ0v) is 20.1. The number of nitrogens with one attached hydrogen (secondary N) is 1. The van der Waals surface area contributed by atoms with Gasteiger partial charge in [0.2, 0.25) is 0 Å². The maximum Gasteiger partial charge on any atom is 0.408 e. The lowest BCUT2D eigenvalue weighted by Gasteiger charge is -2.31. The molecule has 1 heterocycles. The van der Waals surface area contributed by atoms with Crippen LogP contribution in [0.4, 0.5) is 9.18 Å². The van der Waals surface area contributed by atoms with Gasteiger partial charge in [0.1, 0.15) is 29.7 Å².